The molecule has 0 aliphatic carbocycles. The van der Waals surface area contributed by atoms with Gasteiger partial charge in [-0.05, 0) is 36.4 Å². The van der Waals surface area contributed by atoms with E-state index in [2.05, 4.69) is 0 Å². The van der Waals surface area contributed by atoms with Gasteiger partial charge in [-0.3, -0.25) is 10.1 Å². The largest absolute Gasteiger partial charge is 0.360 e. The van der Waals surface area contributed by atoms with Gasteiger partial charge < -0.3 is 4.74 Å². The molecule has 0 amide bonds. The van der Waals surface area contributed by atoms with E-state index >= 15 is 0 Å². The van der Waals surface area contributed by atoms with Crippen molar-refractivity contribution in [1.29, 1.82) is 0 Å². The van der Waals surface area contributed by atoms with E-state index in [1.165, 1.54) is 11.8 Å². The number of rotatable bonds is 5. The van der Waals surface area contributed by atoms with E-state index in [0.29, 0.717) is 17.1 Å². The van der Waals surface area contributed by atoms with Gasteiger partial charge in [0.25, 0.3) is 5.69 Å². The van der Waals surface area contributed by atoms with Crippen LogP contribution in [0.4, 0.5) is 5.69 Å². The van der Waals surface area contributed by atoms with E-state index in [1.807, 2.05) is 54.6 Å². The molecule has 3 aromatic carbocycles. The van der Waals surface area contributed by atoms with Crippen LogP contribution in [0.25, 0.3) is 16.6 Å². The number of thioether (sulfide) groups is 1. The van der Waals surface area contributed by atoms with E-state index < -0.39 is 0 Å². The third kappa shape index (κ3) is 4.04. The highest BCUT2D eigenvalue weighted by Crippen LogP contribution is 2.44. The molecule has 1 fully saturated rings. The minimum Gasteiger partial charge on any atom is -0.360 e. The van der Waals surface area contributed by atoms with Crippen molar-refractivity contribution < 1.29 is 9.66 Å². The Kier molecular flexibility index (Phi) is 5.62. The second kappa shape index (κ2) is 8.55. The predicted octanol–water partition coefficient (Wildman–Crippen LogP) is 6.50. The van der Waals surface area contributed by atoms with Gasteiger partial charge in [0, 0.05) is 38.1 Å². The maximum Gasteiger partial charge on any atom is 0.272 e. The molecule has 5 rings (SSSR count). The number of para-hydroxylation sites is 1. The second-order valence-electron chi connectivity index (χ2n) is 6.86. The van der Waals surface area contributed by atoms with Gasteiger partial charge in [0.2, 0.25) is 0 Å². The Bertz CT molecular complexity index is 1260. The van der Waals surface area contributed by atoms with E-state index in [-0.39, 0.29) is 16.0 Å². The molecular formula is C22H16ClN3O3S2. The van der Waals surface area contributed by atoms with Crippen LogP contribution in [0.3, 0.4) is 0 Å². The van der Waals surface area contributed by atoms with Gasteiger partial charge in [0.1, 0.15) is 11.1 Å². The van der Waals surface area contributed by atoms with Crippen molar-refractivity contribution in [2.45, 2.75) is 15.2 Å². The standard InChI is InChI=1S/C22H16ClN3O3S2/c23-14-6-8-17(9-7-14)31-19-13-16(26(27)28)12-18-20(19)21(22-29-10-11-30-22)24-25(18)15-4-2-1-3-5-15/h1-9,12-13,22H,10-11H2/t22-/m0/s1. The first-order chi connectivity index (χ1) is 15.1. The molecule has 0 spiro atoms. The molecule has 0 bridgehead atoms. The van der Waals surface area contributed by atoms with Crippen molar-refractivity contribution in [3.05, 3.63) is 87.6 Å². The molecule has 1 atom stereocenters. The third-order valence-corrected chi connectivity index (χ3v) is 7.22. The molecule has 0 saturated carbocycles. The summed E-state index contributed by atoms with van der Waals surface area (Å²) >= 11 is 9.17. The summed E-state index contributed by atoms with van der Waals surface area (Å²) in [4.78, 5) is 13.1. The van der Waals surface area contributed by atoms with Gasteiger partial charge in [0.15, 0.2) is 0 Å². The number of benzene rings is 3. The summed E-state index contributed by atoms with van der Waals surface area (Å²) in [6.45, 7) is 0.654. The molecule has 9 heteroatoms. The van der Waals surface area contributed by atoms with Crippen LogP contribution in [0.15, 0.2) is 76.5 Å². The monoisotopic (exact) mass is 469 g/mol. The maximum atomic E-state index is 11.7. The van der Waals surface area contributed by atoms with Crippen LogP contribution in [0.5, 0.6) is 0 Å². The SMILES string of the molecule is O=[N+]([O-])c1cc(Sc2ccc(Cl)cc2)c2c([C@H]3OCCS3)nn(-c3ccccc3)c2c1. The van der Waals surface area contributed by atoms with Crippen LogP contribution in [0, 0.1) is 10.1 Å². The maximum absolute atomic E-state index is 11.7. The number of fused-ring (bicyclic) bond motifs is 1. The summed E-state index contributed by atoms with van der Waals surface area (Å²) in [5.41, 5.74) is 2.12. The summed E-state index contributed by atoms with van der Waals surface area (Å²) in [6.07, 6.45) is 0. The van der Waals surface area contributed by atoms with Crippen LogP contribution in [0.1, 0.15) is 11.1 Å². The highest BCUT2D eigenvalue weighted by Gasteiger charge is 2.28. The minimum absolute atomic E-state index is 0.0209. The number of halogens is 1. The Morgan fingerprint density at radius 1 is 1.16 bits per heavy atom. The fourth-order valence-corrected chi connectivity index (χ4v) is 5.55. The van der Waals surface area contributed by atoms with Gasteiger partial charge in [-0.25, -0.2) is 4.68 Å². The molecule has 1 saturated heterocycles. The molecule has 6 nitrogen and oxygen atoms in total. The molecule has 4 aromatic rings. The quantitative estimate of drug-likeness (QED) is 0.245. The fourth-order valence-electron chi connectivity index (χ4n) is 3.49. The van der Waals surface area contributed by atoms with Gasteiger partial charge in [-0.1, -0.05) is 41.6 Å². The summed E-state index contributed by atoms with van der Waals surface area (Å²) in [5.74, 6) is 0.886. The Labute approximate surface area is 191 Å². The summed E-state index contributed by atoms with van der Waals surface area (Å²) in [5, 5.41) is 18.1. The highest BCUT2D eigenvalue weighted by atomic mass is 35.5. The normalized spacial score (nSPS) is 16.1. The van der Waals surface area contributed by atoms with Crippen molar-refractivity contribution in [3.8, 4) is 5.69 Å². The minimum atomic E-state index is -0.367. The lowest BCUT2D eigenvalue weighted by molar-refractivity contribution is -0.384. The zero-order chi connectivity index (χ0) is 21.4. The molecule has 0 radical (unpaired) electrons. The van der Waals surface area contributed by atoms with Gasteiger partial charge in [0.05, 0.1) is 22.7 Å². The number of aromatic nitrogens is 2. The molecule has 156 valence electrons. The van der Waals surface area contributed by atoms with Crippen molar-refractivity contribution in [1.82, 2.24) is 9.78 Å². The van der Waals surface area contributed by atoms with Crippen LogP contribution in [-0.2, 0) is 4.74 Å². The Balaban J connectivity index is 1.76. The van der Waals surface area contributed by atoms with Gasteiger partial charge >= 0.3 is 0 Å². The molecule has 31 heavy (non-hydrogen) atoms. The molecule has 0 N–H and O–H groups in total. The first kappa shape index (κ1) is 20.4. The third-order valence-electron chi connectivity index (χ3n) is 4.86. The first-order valence-electron chi connectivity index (χ1n) is 9.53. The van der Waals surface area contributed by atoms with Crippen LogP contribution in [0.2, 0.25) is 5.02 Å². The Morgan fingerprint density at radius 2 is 1.94 bits per heavy atom. The number of nitro groups is 1. The van der Waals surface area contributed by atoms with E-state index in [0.717, 1.165) is 32.3 Å². The molecule has 0 unspecified atom stereocenters. The molecule has 1 aromatic heterocycles. The molecule has 1 aliphatic rings. The molecular weight excluding hydrogens is 454 g/mol. The summed E-state index contributed by atoms with van der Waals surface area (Å²) < 4.78 is 7.69. The Morgan fingerprint density at radius 3 is 2.61 bits per heavy atom. The van der Waals surface area contributed by atoms with Crippen molar-refractivity contribution in [2.75, 3.05) is 12.4 Å². The fraction of sp³-hybridized carbons (Fsp3) is 0.136. The van der Waals surface area contributed by atoms with E-state index in [1.54, 1.807) is 28.6 Å². The highest BCUT2D eigenvalue weighted by molar-refractivity contribution is 8.00. The number of nitrogens with zero attached hydrogens (tertiary/aromatic N) is 3. The Hall–Kier alpha value is -2.52. The zero-order valence-electron chi connectivity index (χ0n) is 16.1. The lowest BCUT2D eigenvalue weighted by Crippen LogP contribution is -1.99. The van der Waals surface area contributed by atoms with E-state index in [4.69, 9.17) is 21.4 Å². The zero-order valence-corrected chi connectivity index (χ0v) is 18.5. The smallest absolute Gasteiger partial charge is 0.272 e. The van der Waals surface area contributed by atoms with Gasteiger partial charge in [-0.15, -0.1) is 11.8 Å². The average molecular weight is 470 g/mol. The van der Waals surface area contributed by atoms with Crippen LogP contribution < -0.4 is 0 Å². The lowest BCUT2D eigenvalue weighted by atomic mass is 10.2. The van der Waals surface area contributed by atoms with Crippen LogP contribution in [-0.4, -0.2) is 27.1 Å². The number of non-ortho nitro benzene ring substituents is 1. The number of ether oxygens (including phenoxy) is 1. The molecule has 2 heterocycles. The predicted molar refractivity (Wildman–Crippen MR) is 124 cm³/mol. The van der Waals surface area contributed by atoms with E-state index in [9.17, 15) is 10.1 Å². The average Bonchev–Trinajstić information content (AvgIpc) is 3.44. The number of nitro benzene ring substituents is 1. The molecule has 1 aliphatic heterocycles. The summed E-state index contributed by atoms with van der Waals surface area (Å²) in [7, 11) is 0. The van der Waals surface area contributed by atoms with Crippen molar-refractivity contribution in [3.63, 3.8) is 0 Å². The van der Waals surface area contributed by atoms with Crippen molar-refractivity contribution in [2.24, 2.45) is 0 Å². The van der Waals surface area contributed by atoms with Crippen LogP contribution >= 0.6 is 35.1 Å². The second-order valence-corrected chi connectivity index (χ2v) is 9.58. The lowest BCUT2D eigenvalue weighted by Gasteiger charge is -2.09. The first-order valence-corrected chi connectivity index (χ1v) is 11.8. The number of hydrogen-bond donors (Lipinski definition) is 0. The topological polar surface area (TPSA) is 70.2 Å². The summed E-state index contributed by atoms with van der Waals surface area (Å²) in [6, 6.07) is 20.3. The van der Waals surface area contributed by atoms with Crippen molar-refractivity contribution >= 4 is 51.7 Å². The number of hydrogen-bond acceptors (Lipinski definition) is 6. The van der Waals surface area contributed by atoms with Gasteiger partial charge in [-0.2, -0.15) is 5.10 Å².